The van der Waals surface area contributed by atoms with E-state index in [4.69, 9.17) is 5.73 Å². The van der Waals surface area contributed by atoms with Crippen LogP contribution in [0.5, 0.6) is 0 Å². The second kappa shape index (κ2) is 7.13. The van der Waals surface area contributed by atoms with E-state index < -0.39 is 23.7 Å². The van der Waals surface area contributed by atoms with Crippen molar-refractivity contribution < 1.29 is 14.0 Å². The van der Waals surface area contributed by atoms with Gasteiger partial charge >= 0.3 is 0 Å². The lowest BCUT2D eigenvalue weighted by atomic mass is 10.0. The van der Waals surface area contributed by atoms with E-state index in [-0.39, 0.29) is 12.0 Å². The topological polar surface area (TPSA) is 72.2 Å². The molecule has 0 bridgehead atoms. The summed E-state index contributed by atoms with van der Waals surface area (Å²) in [5, 5.41) is 4.71. The average molecular weight is 336 g/mol. The fourth-order valence-corrected chi connectivity index (χ4v) is 2.70. The molecule has 4 nitrogen and oxygen atoms in total. The fourth-order valence-electron chi connectivity index (χ4n) is 2.70. The van der Waals surface area contributed by atoms with Gasteiger partial charge in [-0.1, -0.05) is 48.5 Å². The maximum Gasteiger partial charge on any atom is 0.252 e. The quantitative estimate of drug-likeness (QED) is 0.752. The zero-order valence-corrected chi connectivity index (χ0v) is 13.4. The molecule has 126 valence electrons. The Morgan fingerprint density at radius 3 is 2.44 bits per heavy atom. The second-order valence-electron chi connectivity index (χ2n) is 5.82. The van der Waals surface area contributed by atoms with Crippen molar-refractivity contribution >= 4 is 22.6 Å². The molecule has 0 radical (unpaired) electrons. The fraction of sp³-hybridized carbons (Fsp3) is 0.100. The Kier molecular flexibility index (Phi) is 4.75. The number of carbonyl (C=O) groups is 2. The lowest BCUT2D eigenvalue weighted by molar-refractivity contribution is -0.119. The molecule has 0 fully saturated rings. The number of benzene rings is 3. The Labute approximate surface area is 144 Å². The lowest BCUT2D eigenvalue weighted by Gasteiger charge is -2.16. The summed E-state index contributed by atoms with van der Waals surface area (Å²) in [5.41, 5.74) is 6.45. The van der Waals surface area contributed by atoms with Gasteiger partial charge in [0.25, 0.3) is 5.91 Å². The highest BCUT2D eigenvalue weighted by Crippen LogP contribution is 2.17. The Morgan fingerprint density at radius 2 is 1.72 bits per heavy atom. The van der Waals surface area contributed by atoms with E-state index in [0.29, 0.717) is 0 Å². The number of rotatable bonds is 5. The van der Waals surface area contributed by atoms with Crippen molar-refractivity contribution in [2.24, 2.45) is 5.73 Å². The van der Waals surface area contributed by atoms with E-state index in [0.717, 1.165) is 22.4 Å². The molecule has 1 atom stereocenters. The molecule has 3 rings (SSSR count). The van der Waals surface area contributed by atoms with E-state index >= 15 is 0 Å². The summed E-state index contributed by atoms with van der Waals surface area (Å²) >= 11 is 0. The van der Waals surface area contributed by atoms with E-state index in [1.54, 1.807) is 0 Å². The third kappa shape index (κ3) is 4.01. The second-order valence-corrected chi connectivity index (χ2v) is 5.82. The minimum absolute atomic E-state index is 0.143. The molecule has 5 heteroatoms. The zero-order chi connectivity index (χ0) is 17.8. The highest BCUT2D eigenvalue weighted by Gasteiger charge is 2.20. The Bertz CT molecular complexity index is 940. The average Bonchev–Trinajstić information content (AvgIpc) is 2.61. The summed E-state index contributed by atoms with van der Waals surface area (Å²) in [6, 6.07) is 18.1. The van der Waals surface area contributed by atoms with Crippen LogP contribution in [0.15, 0.2) is 66.7 Å². The number of hydrogen-bond donors (Lipinski definition) is 2. The normalized spacial score (nSPS) is 11.9. The number of amides is 2. The summed E-state index contributed by atoms with van der Waals surface area (Å²) < 4.78 is 13.2. The van der Waals surface area contributed by atoms with Crippen molar-refractivity contribution in [2.45, 2.75) is 12.5 Å². The smallest absolute Gasteiger partial charge is 0.252 e. The Morgan fingerprint density at radius 1 is 0.960 bits per heavy atom. The van der Waals surface area contributed by atoms with Crippen molar-refractivity contribution in [3.05, 3.63) is 83.7 Å². The molecular formula is C20H17FN2O2. The van der Waals surface area contributed by atoms with Gasteiger partial charge in [-0.05, 0) is 34.5 Å². The molecule has 0 saturated carbocycles. The van der Waals surface area contributed by atoms with Crippen LogP contribution in [0.4, 0.5) is 4.39 Å². The standard InChI is InChI=1S/C20H17FN2O2/c21-17-7-3-6-16(12-17)20(25)23-18(19(22)24)11-13-8-9-14-4-1-2-5-15(14)10-13/h1-10,12,18H,11H2,(H2,22,24)(H,23,25)/t18-/m0/s1. The minimum Gasteiger partial charge on any atom is -0.368 e. The van der Waals surface area contributed by atoms with Crippen LogP contribution in [0, 0.1) is 5.82 Å². The first kappa shape index (κ1) is 16.6. The summed E-state index contributed by atoms with van der Waals surface area (Å²) in [6.45, 7) is 0. The van der Waals surface area contributed by atoms with Gasteiger partial charge in [-0.25, -0.2) is 4.39 Å². The largest absolute Gasteiger partial charge is 0.368 e. The molecule has 3 aromatic carbocycles. The van der Waals surface area contributed by atoms with Crippen LogP contribution < -0.4 is 11.1 Å². The molecule has 25 heavy (non-hydrogen) atoms. The lowest BCUT2D eigenvalue weighted by Crippen LogP contribution is -2.45. The molecule has 0 aliphatic heterocycles. The number of nitrogens with two attached hydrogens (primary N) is 1. The Hall–Kier alpha value is -3.21. The molecular weight excluding hydrogens is 319 g/mol. The van der Waals surface area contributed by atoms with Gasteiger partial charge in [0.05, 0.1) is 0 Å². The van der Waals surface area contributed by atoms with E-state index in [9.17, 15) is 14.0 Å². The number of hydrogen-bond acceptors (Lipinski definition) is 2. The number of carbonyl (C=O) groups excluding carboxylic acids is 2. The molecule has 0 aliphatic rings. The number of halogens is 1. The van der Waals surface area contributed by atoms with E-state index in [1.807, 2.05) is 42.5 Å². The highest BCUT2D eigenvalue weighted by atomic mass is 19.1. The maximum absolute atomic E-state index is 13.2. The van der Waals surface area contributed by atoms with Crippen LogP contribution in [0.2, 0.25) is 0 Å². The highest BCUT2D eigenvalue weighted by molar-refractivity contribution is 5.97. The molecule has 0 unspecified atom stereocenters. The summed E-state index contributed by atoms with van der Waals surface area (Å²) in [5.74, 6) is -1.69. The van der Waals surface area contributed by atoms with E-state index in [1.165, 1.54) is 18.2 Å². The molecule has 0 spiro atoms. The number of fused-ring (bicyclic) bond motifs is 1. The van der Waals surface area contributed by atoms with Gasteiger partial charge in [-0.2, -0.15) is 0 Å². The van der Waals surface area contributed by atoms with Crippen LogP contribution >= 0.6 is 0 Å². The first-order valence-electron chi connectivity index (χ1n) is 7.86. The van der Waals surface area contributed by atoms with Gasteiger partial charge in [0.1, 0.15) is 11.9 Å². The molecule has 3 aromatic rings. The predicted molar refractivity (Wildman–Crippen MR) is 94.5 cm³/mol. The first-order chi connectivity index (χ1) is 12.0. The van der Waals surface area contributed by atoms with Crippen LogP contribution in [-0.4, -0.2) is 17.9 Å². The number of primary amides is 1. The van der Waals surface area contributed by atoms with Gasteiger partial charge in [0.15, 0.2) is 0 Å². The molecule has 0 saturated heterocycles. The van der Waals surface area contributed by atoms with Crippen LogP contribution in [0.1, 0.15) is 15.9 Å². The van der Waals surface area contributed by atoms with Gasteiger partial charge in [-0.15, -0.1) is 0 Å². The van der Waals surface area contributed by atoms with Crippen molar-refractivity contribution in [1.29, 1.82) is 0 Å². The van der Waals surface area contributed by atoms with Crippen LogP contribution in [0.3, 0.4) is 0 Å². The predicted octanol–water partition coefficient (Wildman–Crippen LogP) is 2.81. The zero-order valence-electron chi connectivity index (χ0n) is 13.4. The van der Waals surface area contributed by atoms with Gasteiger partial charge < -0.3 is 11.1 Å². The third-order valence-electron chi connectivity index (χ3n) is 3.99. The van der Waals surface area contributed by atoms with Gasteiger partial charge in [0, 0.05) is 12.0 Å². The maximum atomic E-state index is 13.2. The SMILES string of the molecule is NC(=O)[C@H](Cc1ccc2ccccc2c1)NC(=O)c1cccc(F)c1. The van der Waals surface area contributed by atoms with Crippen LogP contribution in [0.25, 0.3) is 10.8 Å². The Balaban J connectivity index is 1.78. The van der Waals surface area contributed by atoms with Gasteiger partial charge in [0.2, 0.25) is 5.91 Å². The molecule has 3 N–H and O–H groups in total. The van der Waals surface area contributed by atoms with Crippen molar-refractivity contribution in [1.82, 2.24) is 5.32 Å². The third-order valence-corrected chi connectivity index (χ3v) is 3.99. The van der Waals surface area contributed by atoms with Crippen molar-refractivity contribution in [3.8, 4) is 0 Å². The molecule has 0 aliphatic carbocycles. The van der Waals surface area contributed by atoms with Crippen molar-refractivity contribution in [2.75, 3.05) is 0 Å². The van der Waals surface area contributed by atoms with Crippen molar-refractivity contribution in [3.63, 3.8) is 0 Å². The van der Waals surface area contributed by atoms with Gasteiger partial charge in [-0.3, -0.25) is 9.59 Å². The first-order valence-corrected chi connectivity index (χ1v) is 7.86. The molecule has 0 aromatic heterocycles. The minimum atomic E-state index is -0.878. The molecule has 0 heterocycles. The monoisotopic (exact) mass is 336 g/mol. The van der Waals surface area contributed by atoms with E-state index in [2.05, 4.69) is 5.32 Å². The molecule has 2 amide bonds. The number of nitrogens with one attached hydrogen (secondary N) is 1. The van der Waals surface area contributed by atoms with Crippen LogP contribution in [-0.2, 0) is 11.2 Å². The summed E-state index contributed by atoms with van der Waals surface area (Å²) in [7, 11) is 0. The summed E-state index contributed by atoms with van der Waals surface area (Å²) in [4.78, 5) is 24.0. The summed E-state index contributed by atoms with van der Waals surface area (Å²) in [6.07, 6.45) is 0.265.